The Hall–Kier alpha value is -8.54. The van der Waals surface area contributed by atoms with E-state index in [9.17, 15) is 0 Å². The Kier molecular flexibility index (Phi) is 7.05. The molecule has 0 atom stereocenters. The number of benzene rings is 10. The molecule has 0 saturated heterocycles. The van der Waals surface area contributed by atoms with Gasteiger partial charge in [0.1, 0.15) is 11.2 Å². The Morgan fingerprint density at radius 1 is 0.333 bits per heavy atom. The Labute approximate surface area is 360 Å². The minimum Gasteiger partial charge on any atom is -0.456 e. The van der Waals surface area contributed by atoms with Crippen LogP contribution in [0.3, 0.4) is 0 Å². The lowest BCUT2D eigenvalue weighted by Gasteiger charge is -2.16. The van der Waals surface area contributed by atoms with E-state index in [0.29, 0.717) is 5.95 Å². The van der Waals surface area contributed by atoms with Gasteiger partial charge in [0.15, 0.2) is 0 Å². The molecule has 0 radical (unpaired) electrons. The number of furan rings is 1. The molecule has 63 heavy (non-hydrogen) atoms. The van der Waals surface area contributed by atoms with Crippen molar-refractivity contribution in [1.82, 2.24) is 19.1 Å². The normalized spacial score (nSPS) is 12.1. The minimum absolute atomic E-state index is 0.623. The maximum absolute atomic E-state index is 6.25. The molecule has 0 N–H and O–H groups in total. The topological polar surface area (TPSA) is 48.8 Å². The van der Waals surface area contributed by atoms with Crippen LogP contribution in [0.15, 0.2) is 211 Å². The maximum Gasteiger partial charge on any atom is 0.235 e. The molecule has 0 aliphatic carbocycles. The van der Waals surface area contributed by atoms with Gasteiger partial charge in [0.25, 0.3) is 0 Å². The number of hydrogen-bond acceptors (Lipinski definition) is 3. The highest BCUT2D eigenvalue weighted by Gasteiger charge is 2.24. The predicted octanol–water partition coefficient (Wildman–Crippen LogP) is 15.4. The number of nitrogens with zero attached hydrogens (tertiary/aromatic N) is 4. The van der Waals surface area contributed by atoms with E-state index < -0.39 is 0 Å². The van der Waals surface area contributed by atoms with Crippen LogP contribution in [-0.4, -0.2) is 19.1 Å². The third-order valence-corrected chi connectivity index (χ3v) is 13.1. The van der Waals surface area contributed by atoms with Gasteiger partial charge in [-0.05, 0) is 99.4 Å². The smallest absolute Gasteiger partial charge is 0.235 e. The van der Waals surface area contributed by atoms with E-state index in [0.717, 1.165) is 71.8 Å². The zero-order valence-corrected chi connectivity index (χ0v) is 33.8. The van der Waals surface area contributed by atoms with Gasteiger partial charge in [-0.15, -0.1) is 0 Å². The molecule has 4 heterocycles. The summed E-state index contributed by atoms with van der Waals surface area (Å²) in [4.78, 5) is 10.9. The van der Waals surface area contributed by atoms with Crippen LogP contribution in [-0.2, 0) is 0 Å². The lowest BCUT2D eigenvalue weighted by molar-refractivity contribution is 0.669. The van der Waals surface area contributed by atoms with Crippen molar-refractivity contribution in [2.24, 2.45) is 0 Å². The van der Waals surface area contributed by atoms with Gasteiger partial charge in [-0.2, -0.15) is 0 Å². The van der Waals surface area contributed by atoms with E-state index in [1.807, 2.05) is 12.1 Å². The van der Waals surface area contributed by atoms with Crippen LogP contribution in [0.2, 0.25) is 0 Å². The van der Waals surface area contributed by atoms with Gasteiger partial charge in [-0.1, -0.05) is 140 Å². The first-order valence-electron chi connectivity index (χ1n) is 21.4. The lowest BCUT2D eigenvalue weighted by Crippen LogP contribution is -2.03. The zero-order chi connectivity index (χ0) is 41.2. The van der Waals surface area contributed by atoms with Crippen LogP contribution in [0, 0.1) is 0 Å². The fourth-order valence-corrected chi connectivity index (χ4v) is 10.4. The summed E-state index contributed by atoms with van der Waals surface area (Å²) in [5.41, 5.74) is 12.4. The molecule has 14 rings (SSSR count). The van der Waals surface area contributed by atoms with Crippen LogP contribution in [0.1, 0.15) is 0 Å². The molecule has 0 bridgehead atoms. The minimum atomic E-state index is 0.623. The van der Waals surface area contributed by atoms with E-state index in [2.05, 4.69) is 203 Å². The second-order valence-corrected chi connectivity index (χ2v) is 16.5. The number of fused-ring (bicyclic) bond motifs is 14. The third-order valence-electron chi connectivity index (χ3n) is 13.1. The van der Waals surface area contributed by atoms with E-state index in [4.69, 9.17) is 14.4 Å². The van der Waals surface area contributed by atoms with Gasteiger partial charge >= 0.3 is 0 Å². The summed E-state index contributed by atoms with van der Waals surface area (Å²) >= 11 is 0. The molecule has 5 nitrogen and oxygen atoms in total. The van der Waals surface area contributed by atoms with Gasteiger partial charge in [0.05, 0.1) is 33.3 Å². The summed E-state index contributed by atoms with van der Waals surface area (Å²) in [7, 11) is 0. The molecule has 0 aliphatic heterocycles. The summed E-state index contributed by atoms with van der Waals surface area (Å²) in [6.45, 7) is 0. The Balaban J connectivity index is 1.10. The summed E-state index contributed by atoms with van der Waals surface area (Å²) < 4.78 is 11.0. The van der Waals surface area contributed by atoms with Gasteiger partial charge in [-0.25, -0.2) is 9.97 Å². The number of aromatic nitrogens is 4. The van der Waals surface area contributed by atoms with Crippen molar-refractivity contribution in [2.45, 2.75) is 0 Å². The summed E-state index contributed by atoms with van der Waals surface area (Å²) in [5, 5.41) is 12.8. The molecule has 292 valence electrons. The first-order chi connectivity index (χ1) is 31.3. The SMILES string of the molecule is c1ccc(-n2c3ccccc3c3c4ccccc4c(-c4cc5c(c6ccccc46)c4ccccc4n5-c4nc(-c5ccc6oc7ccccc7c6c5)c5ccccc5n4)cc32)cc1. The Morgan fingerprint density at radius 2 is 0.841 bits per heavy atom. The Bertz CT molecular complexity index is 4210. The molecular weight excluding hydrogens is 769 g/mol. The van der Waals surface area contributed by atoms with Crippen LogP contribution in [0.25, 0.3) is 132 Å². The highest BCUT2D eigenvalue weighted by atomic mass is 16.3. The largest absolute Gasteiger partial charge is 0.456 e. The molecule has 0 unspecified atom stereocenters. The van der Waals surface area contributed by atoms with E-state index in [1.54, 1.807) is 0 Å². The summed E-state index contributed by atoms with van der Waals surface area (Å²) in [5.74, 6) is 0.623. The predicted molar refractivity (Wildman–Crippen MR) is 261 cm³/mol. The molecule has 14 aromatic rings. The Morgan fingerprint density at radius 3 is 1.52 bits per heavy atom. The van der Waals surface area contributed by atoms with E-state index in [-0.39, 0.29) is 0 Å². The molecule has 4 aromatic heterocycles. The number of hydrogen-bond donors (Lipinski definition) is 0. The van der Waals surface area contributed by atoms with Crippen molar-refractivity contribution in [1.29, 1.82) is 0 Å². The van der Waals surface area contributed by atoms with Crippen LogP contribution >= 0.6 is 0 Å². The number of rotatable bonds is 4. The van der Waals surface area contributed by atoms with E-state index >= 15 is 0 Å². The molecule has 0 amide bonds. The van der Waals surface area contributed by atoms with Crippen molar-refractivity contribution in [2.75, 3.05) is 0 Å². The molecule has 0 fully saturated rings. The molecule has 5 heteroatoms. The van der Waals surface area contributed by atoms with Gasteiger partial charge < -0.3 is 8.98 Å². The second-order valence-electron chi connectivity index (χ2n) is 16.5. The van der Waals surface area contributed by atoms with Gasteiger partial charge in [0.2, 0.25) is 5.95 Å². The van der Waals surface area contributed by atoms with Crippen molar-refractivity contribution < 1.29 is 4.42 Å². The molecular formula is C58H34N4O. The lowest BCUT2D eigenvalue weighted by atomic mass is 9.90. The number of para-hydroxylation sites is 5. The standard InChI is InChI=1S/C58H34N4O/c1-2-16-36(17-3-1)61-49-27-13-9-24-43(49)55-40-21-6-4-18-37(40)45(33-51(55)61)46-34-52-56(41-22-7-5-19-38(41)46)44-25-10-14-28-50(44)62(52)58-59-48-26-12-8-23-42(48)57(60-58)35-30-31-54-47(32-35)39-20-11-15-29-53(39)63-54/h1-34H. The molecule has 0 saturated carbocycles. The molecule has 0 aliphatic rings. The average molecular weight is 803 g/mol. The van der Waals surface area contributed by atoms with Crippen LogP contribution in [0.4, 0.5) is 0 Å². The monoisotopic (exact) mass is 802 g/mol. The molecule has 0 spiro atoms. The quantitative estimate of drug-likeness (QED) is 0.178. The van der Waals surface area contributed by atoms with Crippen LogP contribution < -0.4 is 0 Å². The first kappa shape index (κ1) is 34.2. The maximum atomic E-state index is 6.25. The average Bonchev–Trinajstić information content (AvgIpc) is 4.01. The highest BCUT2D eigenvalue weighted by Crippen LogP contribution is 2.46. The zero-order valence-electron chi connectivity index (χ0n) is 33.8. The van der Waals surface area contributed by atoms with Crippen molar-refractivity contribution >= 4 is 98.0 Å². The van der Waals surface area contributed by atoms with Gasteiger partial charge in [-0.3, -0.25) is 4.57 Å². The second kappa shape index (κ2) is 13.0. The van der Waals surface area contributed by atoms with Crippen molar-refractivity contribution in [3.8, 4) is 34.0 Å². The van der Waals surface area contributed by atoms with Crippen molar-refractivity contribution in [3.05, 3.63) is 206 Å². The highest BCUT2D eigenvalue weighted by molar-refractivity contribution is 6.28. The van der Waals surface area contributed by atoms with Crippen LogP contribution in [0.5, 0.6) is 0 Å². The van der Waals surface area contributed by atoms with E-state index in [1.165, 1.54) is 54.3 Å². The van der Waals surface area contributed by atoms with Gasteiger partial charge in [0, 0.05) is 49.0 Å². The van der Waals surface area contributed by atoms with Crippen molar-refractivity contribution in [3.63, 3.8) is 0 Å². The molecule has 10 aromatic carbocycles. The first-order valence-corrected chi connectivity index (χ1v) is 21.4. The summed E-state index contributed by atoms with van der Waals surface area (Å²) in [6.07, 6.45) is 0. The summed E-state index contributed by atoms with van der Waals surface area (Å²) in [6, 6.07) is 73.8. The fourth-order valence-electron chi connectivity index (χ4n) is 10.4. The third kappa shape index (κ3) is 4.87. The fraction of sp³-hybridized carbons (Fsp3) is 0.